The predicted molar refractivity (Wildman–Crippen MR) is 76.4 cm³/mol. The van der Waals surface area contributed by atoms with Crippen LogP contribution < -0.4 is 0 Å². The molecule has 2 unspecified atom stereocenters. The average molecular weight is 250 g/mol. The number of hydrogen-bond acceptors (Lipinski definition) is 2. The summed E-state index contributed by atoms with van der Waals surface area (Å²) < 4.78 is 0. The van der Waals surface area contributed by atoms with Crippen LogP contribution in [0.15, 0.2) is 25.3 Å². The van der Waals surface area contributed by atoms with E-state index in [1.807, 2.05) is 0 Å². The summed E-state index contributed by atoms with van der Waals surface area (Å²) in [5.74, 6) is 0.886. The van der Waals surface area contributed by atoms with E-state index in [1.165, 1.54) is 6.42 Å². The molecular formula is C15H26N2O. The van der Waals surface area contributed by atoms with Gasteiger partial charge in [-0.1, -0.05) is 26.0 Å². The van der Waals surface area contributed by atoms with Gasteiger partial charge in [0.2, 0.25) is 5.91 Å². The Morgan fingerprint density at radius 3 is 2.50 bits per heavy atom. The van der Waals surface area contributed by atoms with Crippen molar-refractivity contribution in [2.45, 2.75) is 32.7 Å². The van der Waals surface area contributed by atoms with Gasteiger partial charge in [-0.2, -0.15) is 0 Å². The lowest BCUT2D eigenvalue weighted by atomic mass is 10.0. The van der Waals surface area contributed by atoms with Gasteiger partial charge in [0.1, 0.15) is 0 Å². The van der Waals surface area contributed by atoms with Crippen LogP contribution in [-0.2, 0) is 4.79 Å². The van der Waals surface area contributed by atoms with Gasteiger partial charge in [0.15, 0.2) is 0 Å². The molecule has 0 aromatic heterocycles. The fourth-order valence-electron chi connectivity index (χ4n) is 2.81. The molecule has 0 aromatic carbocycles. The molecule has 0 spiro atoms. The van der Waals surface area contributed by atoms with Crippen molar-refractivity contribution in [2.24, 2.45) is 5.92 Å². The van der Waals surface area contributed by atoms with Gasteiger partial charge in [-0.05, 0) is 25.3 Å². The van der Waals surface area contributed by atoms with Gasteiger partial charge in [-0.3, -0.25) is 9.69 Å². The van der Waals surface area contributed by atoms with Crippen molar-refractivity contribution in [3.05, 3.63) is 25.3 Å². The van der Waals surface area contributed by atoms with E-state index in [1.54, 1.807) is 17.1 Å². The van der Waals surface area contributed by atoms with E-state index in [2.05, 4.69) is 31.9 Å². The zero-order valence-corrected chi connectivity index (χ0v) is 11.8. The van der Waals surface area contributed by atoms with E-state index in [0.717, 1.165) is 13.0 Å². The maximum atomic E-state index is 12.2. The highest BCUT2D eigenvalue weighted by atomic mass is 16.2. The van der Waals surface area contributed by atoms with Crippen molar-refractivity contribution in [3.63, 3.8) is 0 Å². The van der Waals surface area contributed by atoms with Crippen LogP contribution in [0.5, 0.6) is 0 Å². The van der Waals surface area contributed by atoms with Crippen molar-refractivity contribution in [2.75, 3.05) is 26.2 Å². The first kappa shape index (κ1) is 15.0. The van der Waals surface area contributed by atoms with Gasteiger partial charge in [-0.25, -0.2) is 0 Å². The van der Waals surface area contributed by atoms with Crippen molar-refractivity contribution >= 4 is 5.91 Å². The number of nitrogens with zero attached hydrogens (tertiary/aromatic N) is 2. The highest BCUT2D eigenvalue weighted by molar-refractivity contribution is 5.78. The molecule has 1 rings (SSSR count). The molecule has 1 fully saturated rings. The summed E-state index contributed by atoms with van der Waals surface area (Å²) in [5, 5.41) is 0. The summed E-state index contributed by atoms with van der Waals surface area (Å²) in [7, 11) is 0. The largest absolute Gasteiger partial charge is 0.334 e. The Bertz CT molecular complexity index is 291. The van der Waals surface area contributed by atoms with Crippen LogP contribution in [0.2, 0.25) is 0 Å². The lowest BCUT2D eigenvalue weighted by Crippen LogP contribution is -2.43. The predicted octanol–water partition coefficient (Wildman–Crippen LogP) is 2.31. The van der Waals surface area contributed by atoms with E-state index in [0.29, 0.717) is 31.6 Å². The van der Waals surface area contributed by atoms with Crippen molar-refractivity contribution in [3.8, 4) is 0 Å². The van der Waals surface area contributed by atoms with E-state index in [9.17, 15) is 4.79 Å². The Morgan fingerprint density at radius 1 is 1.39 bits per heavy atom. The van der Waals surface area contributed by atoms with Crippen LogP contribution in [0.4, 0.5) is 0 Å². The molecule has 102 valence electrons. The topological polar surface area (TPSA) is 23.6 Å². The van der Waals surface area contributed by atoms with Crippen LogP contribution in [0.1, 0.15) is 26.7 Å². The molecule has 0 aliphatic carbocycles. The standard InChI is InChI=1S/C15H26N2O/c1-5-9-16(10-6-2)15(18)12-17-11-8-13(4)14(17)7-3/h5-6,13-14H,1-2,7-12H2,3-4H3. The molecule has 1 heterocycles. The molecule has 1 amide bonds. The van der Waals surface area contributed by atoms with Gasteiger partial charge < -0.3 is 4.90 Å². The summed E-state index contributed by atoms with van der Waals surface area (Å²) >= 11 is 0. The Kier molecular flexibility index (Phi) is 6.13. The molecule has 1 saturated heterocycles. The summed E-state index contributed by atoms with van der Waals surface area (Å²) in [5.41, 5.74) is 0. The Morgan fingerprint density at radius 2 is 2.00 bits per heavy atom. The highest BCUT2D eigenvalue weighted by Gasteiger charge is 2.31. The summed E-state index contributed by atoms with van der Waals surface area (Å²) in [6, 6.07) is 0.559. The minimum absolute atomic E-state index is 0.183. The average Bonchev–Trinajstić information content (AvgIpc) is 2.69. The Hall–Kier alpha value is -1.09. The number of carbonyl (C=O) groups is 1. The molecule has 0 saturated carbocycles. The molecule has 3 heteroatoms. The molecule has 1 aliphatic heterocycles. The molecule has 0 radical (unpaired) electrons. The summed E-state index contributed by atoms with van der Waals surface area (Å²) in [4.78, 5) is 16.4. The third-order valence-electron chi connectivity index (χ3n) is 3.81. The molecule has 1 aliphatic rings. The quantitative estimate of drug-likeness (QED) is 0.647. The zero-order valence-electron chi connectivity index (χ0n) is 11.8. The minimum atomic E-state index is 0.183. The third-order valence-corrected chi connectivity index (χ3v) is 3.81. The van der Waals surface area contributed by atoms with Gasteiger partial charge in [0.05, 0.1) is 6.54 Å². The van der Waals surface area contributed by atoms with Crippen LogP contribution in [0.25, 0.3) is 0 Å². The second-order valence-corrected chi connectivity index (χ2v) is 5.09. The molecule has 0 aromatic rings. The summed E-state index contributed by atoms with van der Waals surface area (Å²) in [6.45, 7) is 14.7. The second kappa shape index (κ2) is 7.37. The molecule has 0 N–H and O–H groups in total. The van der Waals surface area contributed by atoms with E-state index >= 15 is 0 Å². The molecular weight excluding hydrogens is 224 g/mol. The van der Waals surface area contributed by atoms with Crippen molar-refractivity contribution < 1.29 is 4.79 Å². The maximum absolute atomic E-state index is 12.2. The third kappa shape index (κ3) is 3.70. The molecule has 18 heavy (non-hydrogen) atoms. The minimum Gasteiger partial charge on any atom is -0.334 e. The fraction of sp³-hybridized carbons (Fsp3) is 0.667. The normalized spacial score (nSPS) is 23.9. The van der Waals surface area contributed by atoms with E-state index in [4.69, 9.17) is 0 Å². The van der Waals surface area contributed by atoms with E-state index in [-0.39, 0.29) is 5.91 Å². The molecule has 3 nitrogen and oxygen atoms in total. The van der Waals surface area contributed by atoms with Crippen LogP contribution in [0, 0.1) is 5.92 Å². The number of amides is 1. The lowest BCUT2D eigenvalue weighted by Gasteiger charge is -2.28. The fourth-order valence-corrected chi connectivity index (χ4v) is 2.81. The smallest absolute Gasteiger partial charge is 0.237 e. The highest BCUT2D eigenvalue weighted by Crippen LogP contribution is 2.25. The van der Waals surface area contributed by atoms with E-state index < -0.39 is 0 Å². The first-order valence-electron chi connectivity index (χ1n) is 6.87. The first-order valence-corrected chi connectivity index (χ1v) is 6.87. The summed E-state index contributed by atoms with van der Waals surface area (Å²) in [6.07, 6.45) is 5.86. The van der Waals surface area contributed by atoms with Crippen LogP contribution in [0.3, 0.4) is 0 Å². The zero-order chi connectivity index (χ0) is 13.5. The Labute approximate surface area is 111 Å². The molecule has 0 bridgehead atoms. The van der Waals surface area contributed by atoms with Gasteiger partial charge in [0, 0.05) is 19.1 Å². The van der Waals surface area contributed by atoms with Crippen LogP contribution >= 0.6 is 0 Å². The van der Waals surface area contributed by atoms with Crippen LogP contribution in [-0.4, -0.2) is 47.9 Å². The maximum Gasteiger partial charge on any atom is 0.237 e. The van der Waals surface area contributed by atoms with Crippen molar-refractivity contribution in [1.29, 1.82) is 0 Å². The second-order valence-electron chi connectivity index (χ2n) is 5.09. The number of likely N-dealkylation sites (tertiary alicyclic amines) is 1. The number of carbonyl (C=O) groups excluding carboxylic acids is 1. The SMILES string of the molecule is C=CCN(CC=C)C(=O)CN1CCC(C)C1CC. The van der Waals surface area contributed by atoms with Gasteiger partial charge >= 0.3 is 0 Å². The first-order chi connectivity index (χ1) is 8.63. The molecule has 2 atom stereocenters. The lowest BCUT2D eigenvalue weighted by molar-refractivity contribution is -0.131. The number of rotatable bonds is 7. The van der Waals surface area contributed by atoms with Gasteiger partial charge in [0.25, 0.3) is 0 Å². The Balaban J connectivity index is 2.56. The van der Waals surface area contributed by atoms with Gasteiger partial charge in [-0.15, -0.1) is 13.2 Å². The monoisotopic (exact) mass is 250 g/mol. The number of hydrogen-bond donors (Lipinski definition) is 0. The van der Waals surface area contributed by atoms with Crippen molar-refractivity contribution in [1.82, 2.24) is 9.80 Å².